The van der Waals surface area contributed by atoms with Crippen LogP contribution in [0.2, 0.25) is 5.02 Å². The van der Waals surface area contributed by atoms with Crippen molar-refractivity contribution in [1.82, 2.24) is 0 Å². The van der Waals surface area contributed by atoms with Gasteiger partial charge in [-0.2, -0.15) is 0 Å². The zero-order chi connectivity index (χ0) is 20.5. The van der Waals surface area contributed by atoms with Crippen LogP contribution in [0.4, 0.5) is 8.78 Å². The number of alkyl halides is 1. The second-order valence-corrected chi connectivity index (χ2v) is 9.38. The van der Waals surface area contributed by atoms with Crippen LogP contribution in [0.3, 0.4) is 0 Å². The van der Waals surface area contributed by atoms with E-state index in [1.54, 1.807) is 17.7 Å². The van der Waals surface area contributed by atoms with Crippen LogP contribution in [0.5, 0.6) is 0 Å². The minimum atomic E-state index is -0.288. The van der Waals surface area contributed by atoms with Crippen LogP contribution in [-0.4, -0.2) is 6.67 Å². The Labute approximate surface area is 180 Å². The van der Waals surface area contributed by atoms with E-state index in [1.165, 1.54) is 57.8 Å². The highest BCUT2D eigenvalue weighted by Crippen LogP contribution is 2.39. The summed E-state index contributed by atoms with van der Waals surface area (Å²) in [6, 6.07) is 5.32. The van der Waals surface area contributed by atoms with Crippen LogP contribution in [0.15, 0.2) is 42.0 Å². The van der Waals surface area contributed by atoms with Crippen molar-refractivity contribution in [3.8, 4) is 0 Å². The Morgan fingerprint density at radius 2 is 1.86 bits per heavy atom. The van der Waals surface area contributed by atoms with Gasteiger partial charge in [0.25, 0.3) is 0 Å². The zero-order valence-electron chi connectivity index (χ0n) is 17.5. The zero-order valence-corrected chi connectivity index (χ0v) is 18.3. The SMILES string of the molecule is FCCCC=CCC1CC=C(CCC2CCC(c3ccc(Cl)c(F)c3)CC2)CC1. The molecule has 0 aliphatic heterocycles. The molecule has 29 heavy (non-hydrogen) atoms. The second-order valence-electron chi connectivity index (χ2n) is 8.97. The smallest absolute Gasteiger partial charge is 0.142 e. The van der Waals surface area contributed by atoms with Gasteiger partial charge in [-0.15, -0.1) is 0 Å². The van der Waals surface area contributed by atoms with Crippen molar-refractivity contribution >= 4 is 11.6 Å². The topological polar surface area (TPSA) is 0 Å². The Balaban J connectivity index is 1.34. The second kappa shape index (κ2) is 11.9. The van der Waals surface area contributed by atoms with Crippen molar-refractivity contribution in [3.63, 3.8) is 0 Å². The molecule has 1 aromatic rings. The van der Waals surface area contributed by atoms with Crippen LogP contribution in [0.1, 0.15) is 88.5 Å². The number of halogens is 3. The number of hydrogen-bond donors (Lipinski definition) is 0. The van der Waals surface area contributed by atoms with Gasteiger partial charge >= 0.3 is 0 Å². The molecule has 0 amide bonds. The highest BCUT2D eigenvalue weighted by molar-refractivity contribution is 6.30. The molecule has 2 aliphatic carbocycles. The first kappa shape index (κ1) is 22.5. The van der Waals surface area contributed by atoms with Gasteiger partial charge in [-0.3, -0.25) is 4.39 Å². The van der Waals surface area contributed by atoms with E-state index in [4.69, 9.17) is 11.6 Å². The molecule has 1 fully saturated rings. The summed E-state index contributed by atoms with van der Waals surface area (Å²) in [5.41, 5.74) is 2.77. The summed E-state index contributed by atoms with van der Waals surface area (Å²) in [5, 5.41) is 0.221. The van der Waals surface area contributed by atoms with E-state index in [0.29, 0.717) is 12.3 Å². The summed E-state index contributed by atoms with van der Waals surface area (Å²) in [6.07, 6.45) is 20.7. The third kappa shape index (κ3) is 7.24. The largest absolute Gasteiger partial charge is 0.251 e. The van der Waals surface area contributed by atoms with E-state index >= 15 is 0 Å². The van der Waals surface area contributed by atoms with Crippen molar-refractivity contribution in [2.24, 2.45) is 11.8 Å². The van der Waals surface area contributed by atoms with Crippen molar-refractivity contribution in [2.75, 3.05) is 6.67 Å². The quantitative estimate of drug-likeness (QED) is 0.276. The number of unbranched alkanes of at least 4 members (excludes halogenated alkanes) is 1. The predicted octanol–water partition coefficient (Wildman–Crippen LogP) is 8.96. The lowest BCUT2D eigenvalue weighted by molar-refractivity contribution is 0.307. The van der Waals surface area contributed by atoms with E-state index < -0.39 is 0 Å². The first-order chi connectivity index (χ1) is 14.2. The van der Waals surface area contributed by atoms with Crippen LogP contribution in [0.25, 0.3) is 0 Å². The Morgan fingerprint density at radius 3 is 2.55 bits per heavy atom. The highest BCUT2D eigenvalue weighted by atomic mass is 35.5. The fourth-order valence-electron chi connectivity index (χ4n) is 4.93. The normalized spacial score (nSPS) is 25.3. The Kier molecular flexibility index (Phi) is 9.24. The maximum Gasteiger partial charge on any atom is 0.142 e. The van der Waals surface area contributed by atoms with Gasteiger partial charge in [0.15, 0.2) is 0 Å². The standard InChI is InChI=1S/C26H35ClF2/c27-25-17-16-24(19-26(25)29)23-14-12-22(13-15-23)11-10-21-8-6-20(7-9-21)5-3-1-2-4-18-28/h1,3,8,16-17,19-20,22-23H,2,4-7,9-15,18H2. The Hall–Kier alpha value is -1.15. The summed E-state index contributed by atoms with van der Waals surface area (Å²) >= 11 is 5.81. The first-order valence-corrected chi connectivity index (χ1v) is 11.9. The maximum atomic E-state index is 13.7. The third-order valence-corrected chi connectivity index (χ3v) is 7.20. The summed E-state index contributed by atoms with van der Waals surface area (Å²) in [7, 11) is 0. The lowest BCUT2D eigenvalue weighted by Gasteiger charge is -2.29. The van der Waals surface area contributed by atoms with Gasteiger partial charge in [0.2, 0.25) is 0 Å². The van der Waals surface area contributed by atoms with Gasteiger partial charge in [-0.1, -0.05) is 41.5 Å². The monoisotopic (exact) mass is 420 g/mol. The van der Waals surface area contributed by atoms with Crippen molar-refractivity contribution < 1.29 is 8.78 Å². The molecule has 0 nitrogen and oxygen atoms in total. The van der Waals surface area contributed by atoms with Gasteiger partial charge in [0.05, 0.1) is 11.7 Å². The van der Waals surface area contributed by atoms with E-state index in [-0.39, 0.29) is 17.5 Å². The van der Waals surface area contributed by atoms with Gasteiger partial charge in [0, 0.05) is 0 Å². The molecule has 2 aliphatic rings. The van der Waals surface area contributed by atoms with Gasteiger partial charge < -0.3 is 0 Å². The minimum Gasteiger partial charge on any atom is -0.251 e. The molecule has 0 spiro atoms. The molecule has 0 N–H and O–H groups in total. The van der Waals surface area contributed by atoms with E-state index in [0.717, 1.165) is 30.2 Å². The summed E-state index contributed by atoms with van der Waals surface area (Å²) in [5.74, 6) is 1.80. The molecule has 0 radical (unpaired) electrons. The molecule has 1 aromatic carbocycles. The minimum absolute atomic E-state index is 0.207. The molecule has 1 saturated carbocycles. The number of allylic oxidation sites excluding steroid dienone is 4. The maximum absolute atomic E-state index is 13.7. The van der Waals surface area contributed by atoms with Crippen LogP contribution in [0, 0.1) is 17.7 Å². The lowest BCUT2D eigenvalue weighted by Crippen LogP contribution is -2.14. The van der Waals surface area contributed by atoms with E-state index in [1.807, 2.05) is 6.07 Å². The number of benzene rings is 1. The molecule has 1 unspecified atom stereocenters. The molecule has 0 saturated heterocycles. The summed E-state index contributed by atoms with van der Waals surface area (Å²) < 4.78 is 25.8. The van der Waals surface area contributed by atoms with Crippen molar-refractivity contribution in [3.05, 3.63) is 58.4 Å². The van der Waals surface area contributed by atoms with Crippen LogP contribution < -0.4 is 0 Å². The molecular weight excluding hydrogens is 386 g/mol. The molecule has 160 valence electrons. The fraction of sp³-hybridized carbons (Fsp3) is 0.615. The van der Waals surface area contributed by atoms with Crippen molar-refractivity contribution in [1.29, 1.82) is 0 Å². The fourth-order valence-corrected chi connectivity index (χ4v) is 5.04. The average Bonchev–Trinajstić information content (AvgIpc) is 2.75. The van der Waals surface area contributed by atoms with Gasteiger partial charge in [-0.05, 0) is 112 Å². The Morgan fingerprint density at radius 1 is 1.03 bits per heavy atom. The van der Waals surface area contributed by atoms with Gasteiger partial charge in [0.1, 0.15) is 5.82 Å². The van der Waals surface area contributed by atoms with Crippen LogP contribution in [-0.2, 0) is 0 Å². The third-order valence-electron chi connectivity index (χ3n) is 6.89. The molecule has 0 aromatic heterocycles. The summed E-state index contributed by atoms with van der Waals surface area (Å²) in [4.78, 5) is 0. The highest BCUT2D eigenvalue weighted by Gasteiger charge is 2.23. The Bertz CT molecular complexity index is 686. The number of hydrogen-bond acceptors (Lipinski definition) is 0. The molecule has 3 heteroatoms. The average molecular weight is 421 g/mol. The lowest BCUT2D eigenvalue weighted by atomic mass is 9.76. The number of rotatable bonds is 9. The molecule has 0 bridgehead atoms. The van der Waals surface area contributed by atoms with Gasteiger partial charge in [-0.25, -0.2) is 4.39 Å². The first-order valence-electron chi connectivity index (χ1n) is 11.5. The van der Waals surface area contributed by atoms with Crippen LogP contribution >= 0.6 is 11.6 Å². The molecule has 3 rings (SSSR count). The molecule has 0 heterocycles. The molecule has 1 atom stereocenters. The van der Waals surface area contributed by atoms with Crippen molar-refractivity contribution in [2.45, 2.75) is 83.0 Å². The van der Waals surface area contributed by atoms with E-state index in [9.17, 15) is 8.78 Å². The summed E-state index contributed by atoms with van der Waals surface area (Å²) in [6.45, 7) is -0.207. The van der Waals surface area contributed by atoms with E-state index in [2.05, 4.69) is 18.2 Å². The predicted molar refractivity (Wildman–Crippen MR) is 120 cm³/mol. The molecular formula is C26H35ClF2.